The molecule has 0 saturated carbocycles. The zero-order valence-electron chi connectivity index (χ0n) is 14.1. The molecular formula is C18H16N4OS3. The van der Waals surface area contributed by atoms with E-state index in [1.807, 2.05) is 29.8 Å². The van der Waals surface area contributed by atoms with Crippen LogP contribution in [0.15, 0.2) is 32.8 Å². The molecule has 0 spiro atoms. The number of fused-ring (bicyclic) bond motifs is 1. The van der Waals surface area contributed by atoms with E-state index in [0.717, 1.165) is 15.3 Å². The summed E-state index contributed by atoms with van der Waals surface area (Å²) in [6.45, 7) is 2.45. The van der Waals surface area contributed by atoms with Crippen molar-refractivity contribution in [2.24, 2.45) is 5.92 Å². The summed E-state index contributed by atoms with van der Waals surface area (Å²) in [6, 6.07) is 8.30. The van der Waals surface area contributed by atoms with E-state index in [0.29, 0.717) is 35.7 Å². The number of thioether (sulfide) groups is 1. The third kappa shape index (κ3) is 3.68. The minimum Gasteiger partial charge on any atom is -0.287 e. The smallest absolute Gasteiger partial charge is 0.263 e. The summed E-state index contributed by atoms with van der Waals surface area (Å²) >= 11 is 4.50. The molecule has 0 unspecified atom stereocenters. The van der Waals surface area contributed by atoms with Gasteiger partial charge in [-0.3, -0.25) is 9.36 Å². The summed E-state index contributed by atoms with van der Waals surface area (Å²) in [6.07, 6.45) is 0.904. The second-order valence-electron chi connectivity index (χ2n) is 5.58. The van der Waals surface area contributed by atoms with Crippen molar-refractivity contribution < 1.29 is 0 Å². The predicted molar refractivity (Wildman–Crippen MR) is 108 cm³/mol. The van der Waals surface area contributed by atoms with Crippen molar-refractivity contribution in [1.29, 1.82) is 10.5 Å². The maximum Gasteiger partial charge on any atom is 0.263 e. The molecule has 8 heteroatoms. The van der Waals surface area contributed by atoms with Gasteiger partial charge >= 0.3 is 0 Å². The zero-order valence-corrected chi connectivity index (χ0v) is 16.6. The van der Waals surface area contributed by atoms with Gasteiger partial charge in [0.2, 0.25) is 0 Å². The molecule has 0 aliphatic carbocycles. The van der Waals surface area contributed by atoms with Gasteiger partial charge in [0.15, 0.2) is 5.16 Å². The lowest BCUT2D eigenvalue weighted by molar-refractivity contribution is 0.631. The van der Waals surface area contributed by atoms with Gasteiger partial charge in [0, 0.05) is 34.5 Å². The number of nitrogens with zero attached hydrogens (tertiary/aromatic N) is 4. The molecule has 3 aromatic heterocycles. The Hall–Kier alpha value is -2.13. The number of aromatic nitrogens is 2. The molecule has 0 amide bonds. The van der Waals surface area contributed by atoms with Crippen LogP contribution in [0.4, 0.5) is 0 Å². The normalized spacial score (nSPS) is 12.0. The molecule has 0 radical (unpaired) electrons. The molecule has 0 N–H and O–H groups in total. The summed E-state index contributed by atoms with van der Waals surface area (Å²) < 4.78 is 1.68. The lowest BCUT2D eigenvalue weighted by atomic mass is 10.1. The van der Waals surface area contributed by atoms with Gasteiger partial charge < -0.3 is 0 Å². The average Bonchev–Trinajstić information content (AvgIpc) is 3.31. The van der Waals surface area contributed by atoms with E-state index in [4.69, 9.17) is 10.2 Å². The predicted octanol–water partition coefficient (Wildman–Crippen LogP) is 4.74. The van der Waals surface area contributed by atoms with Gasteiger partial charge in [-0.1, -0.05) is 17.8 Å². The second-order valence-corrected chi connectivity index (χ2v) is 8.38. The summed E-state index contributed by atoms with van der Waals surface area (Å²) in [5.41, 5.74) is 0.912. The van der Waals surface area contributed by atoms with Gasteiger partial charge in [0.1, 0.15) is 4.83 Å². The SMILES string of the molecule is CCn1c(SC[C@H](C#N)CCC#N)nc2scc(-c3cccs3)c2c1=O. The standard InChI is InChI=1S/C18H16N4OS3/c1-2-22-17(23)15-13(14-6-4-8-24-14)11-25-16(15)21-18(22)26-10-12(9-20)5-3-7-19/h4,6,8,11-12H,2-3,5,10H2,1H3/t12-/m0/s1. The molecule has 132 valence electrons. The first kappa shape index (κ1) is 18.7. The first-order valence-corrected chi connectivity index (χ1v) is 10.9. The van der Waals surface area contributed by atoms with Crippen LogP contribution in [-0.2, 0) is 6.54 Å². The molecule has 0 aliphatic rings. The van der Waals surface area contributed by atoms with Crippen LogP contribution in [0.25, 0.3) is 20.7 Å². The van der Waals surface area contributed by atoms with E-state index in [1.165, 1.54) is 23.1 Å². The fraction of sp³-hybridized carbons (Fsp3) is 0.333. The van der Waals surface area contributed by atoms with Gasteiger partial charge in [0.05, 0.1) is 23.4 Å². The number of rotatable bonds is 7. The van der Waals surface area contributed by atoms with E-state index < -0.39 is 0 Å². The quantitative estimate of drug-likeness (QED) is 0.422. The molecule has 0 aliphatic heterocycles. The first-order valence-electron chi connectivity index (χ1n) is 8.14. The molecule has 5 nitrogen and oxygen atoms in total. The number of hydrogen-bond donors (Lipinski definition) is 0. The lowest BCUT2D eigenvalue weighted by Gasteiger charge is -2.11. The van der Waals surface area contributed by atoms with Crippen molar-refractivity contribution in [3.63, 3.8) is 0 Å². The molecule has 0 bridgehead atoms. The van der Waals surface area contributed by atoms with E-state index in [9.17, 15) is 10.1 Å². The monoisotopic (exact) mass is 400 g/mol. The highest BCUT2D eigenvalue weighted by molar-refractivity contribution is 7.99. The van der Waals surface area contributed by atoms with Gasteiger partial charge in [-0.05, 0) is 24.8 Å². The number of hydrogen-bond acceptors (Lipinski definition) is 7. The van der Waals surface area contributed by atoms with Crippen molar-refractivity contribution in [2.45, 2.75) is 31.5 Å². The molecule has 0 fully saturated rings. The minimum atomic E-state index is -0.220. The Morgan fingerprint density at radius 1 is 1.38 bits per heavy atom. The van der Waals surface area contributed by atoms with Crippen molar-refractivity contribution in [3.8, 4) is 22.6 Å². The van der Waals surface area contributed by atoms with E-state index >= 15 is 0 Å². The second kappa shape index (κ2) is 8.50. The summed E-state index contributed by atoms with van der Waals surface area (Å²) in [4.78, 5) is 19.6. The van der Waals surface area contributed by atoms with Crippen LogP contribution in [0, 0.1) is 28.6 Å². The van der Waals surface area contributed by atoms with Crippen molar-refractivity contribution in [1.82, 2.24) is 9.55 Å². The minimum absolute atomic E-state index is 0.0322. The summed E-state index contributed by atoms with van der Waals surface area (Å²) in [5.74, 6) is 0.307. The van der Waals surface area contributed by atoms with Crippen LogP contribution in [-0.4, -0.2) is 15.3 Å². The molecule has 3 heterocycles. The van der Waals surface area contributed by atoms with Crippen LogP contribution in [0.2, 0.25) is 0 Å². The topological polar surface area (TPSA) is 82.5 Å². The number of thiophene rings is 2. The van der Waals surface area contributed by atoms with Crippen molar-refractivity contribution >= 4 is 44.7 Å². The number of nitriles is 2. The third-order valence-electron chi connectivity index (χ3n) is 3.96. The van der Waals surface area contributed by atoms with Crippen LogP contribution in [0.1, 0.15) is 19.8 Å². The molecule has 26 heavy (non-hydrogen) atoms. The molecule has 3 aromatic rings. The Morgan fingerprint density at radius 3 is 2.88 bits per heavy atom. The maximum atomic E-state index is 13.1. The van der Waals surface area contributed by atoms with E-state index in [2.05, 4.69) is 12.1 Å². The molecular weight excluding hydrogens is 384 g/mol. The van der Waals surface area contributed by atoms with Gasteiger partial charge in [-0.2, -0.15) is 10.5 Å². The van der Waals surface area contributed by atoms with Gasteiger partial charge in [-0.25, -0.2) is 4.98 Å². The highest BCUT2D eigenvalue weighted by atomic mass is 32.2. The van der Waals surface area contributed by atoms with Crippen LogP contribution in [0.5, 0.6) is 0 Å². The Bertz CT molecular complexity index is 1040. The molecule has 0 aromatic carbocycles. The lowest BCUT2D eigenvalue weighted by Crippen LogP contribution is -2.22. The Kier molecular flexibility index (Phi) is 6.10. The van der Waals surface area contributed by atoms with Crippen LogP contribution < -0.4 is 5.56 Å². The fourth-order valence-electron chi connectivity index (χ4n) is 2.61. The molecule has 1 atom stereocenters. The maximum absolute atomic E-state index is 13.1. The Labute approximate surface area is 163 Å². The molecule has 3 rings (SSSR count). The van der Waals surface area contributed by atoms with Crippen molar-refractivity contribution in [3.05, 3.63) is 33.2 Å². The van der Waals surface area contributed by atoms with Crippen molar-refractivity contribution in [2.75, 3.05) is 5.75 Å². The van der Waals surface area contributed by atoms with Crippen LogP contribution in [0.3, 0.4) is 0 Å². The highest BCUT2D eigenvalue weighted by Crippen LogP contribution is 2.34. The van der Waals surface area contributed by atoms with Crippen LogP contribution >= 0.6 is 34.4 Å². The fourth-order valence-corrected chi connectivity index (χ4v) is 5.53. The van der Waals surface area contributed by atoms with E-state index in [1.54, 1.807) is 15.9 Å². The first-order chi connectivity index (χ1) is 12.7. The Balaban J connectivity index is 1.96. The van der Waals surface area contributed by atoms with E-state index in [-0.39, 0.29) is 11.5 Å². The highest BCUT2D eigenvalue weighted by Gasteiger charge is 2.18. The largest absolute Gasteiger partial charge is 0.287 e. The summed E-state index contributed by atoms with van der Waals surface area (Å²) in [5, 5.41) is 23.2. The van der Waals surface area contributed by atoms with Gasteiger partial charge in [0.25, 0.3) is 5.56 Å². The third-order valence-corrected chi connectivity index (χ3v) is 6.88. The Morgan fingerprint density at radius 2 is 2.23 bits per heavy atom. The zero-order chi connectivity index (χ0) is 18.5. The average molecular weight is 401 g/mol. The summed E-state index contributed by atoms with van der Waals surface area (Å²) in [7, 11) is 0. The van der Waals surface area contributed by atoms with Gasteiger partial charge in [-0.15, -0.1) is 22.7 Å². The molecule has 0 saturated heterocycles.